The largest absolute Gasteiger partial charge is 0.490 e. The molecule has 1 aromatic heterocycles. The maximum Gasteiger partial charge on any atom is 0.166 e. The molecule has 178 valence electrons. The van der Waals surface area contributed by atoms with Crippen LogP contribution in [0.1, 0.15) is 42.3 Å². The van der Waals surface area contributed by atoms with Crippen molar-refractivity contribution in [2.24, 2.45) is 0 Å². The lowest BCUT2D eigenvalue weighted by Crippen LogP contribution is -2.02. The Labute approximate surface area is 200 Å². The summed E-state index contributed by atoms with van der Waals surface area (Å²) < 4.78 is 62.0. The molecule has 0 atom stereocenters. The van der Waals surface area contributed by atoms with Crippen molar-refractivity contribution < 1.29 is 22.3 Å². The van der Waals surface area contributed by atoms with Crippen molar-refractivity contribution in [3.05, 3.63) is 101 Å². The summed E-state index contributed by atoms with van der Waals surface area (Å²) in [5.41, 5.74) is 0.523. The summed E-state index contributed by atoms with van der Waals surface area (Å²) in [7, 11) is 0. The lowest BCUT2D eigenvalue weighted by Gasteiger charge is -2.06. The minimum Gasteiger partial charge on any atom is -0.490 e. The van der Waals surface area contributed by atoms with Crippen LogP contribution in [0.25, 0.3) is 10.8 Å². The number of nitrogens with zero attached hydrogens (tertiary/aromatic N) is 2. The Bertz CT molecular complexity index is 1390. The second-order valence-electron chi connectivity index (χ2n) is 8.02. The summed E-state index contributed by atoms with van der Waals surface area (Å²) in [5.74, 6) is 2.89. The van der Waals surface area contributed by atoms with E-state index < -0.39 is 23.3 Å². The van der Waals surface area contributed by atoms with Crippen LogP contribution in [0.15, 0.2) is 54.9 Å². The summed E-state index contributed by atoms with van der Waals surface area (Å²) in [6.45, 7) is 2.68. The molecule has 4 aromatic rings. The van der Waals surface area contributed by atoms with E-state index in [9.17, 15) is 17.6 Å². The molecule has 0 radical (unpaired) electrons. The summed E-state index contributed by atoms with van der Waals surface area (Å²) in [4.78, 5) is 8.48. The standard InChI is InChI=1S/C28H22F4N2O/c1-2-3-12-35-21-16-33-27(34-17-21)11-6-19-14-25(30)23(26(31)15-19)9-5-18-4-8-22-20(13-18)7-10-24(29)28(22)32/h4,7-8,10,13-17H,2-3,6,11-12H2,1H3. The molecular formula is C28H22F4N2O. The summed E-state index contributed by atoms with van der Waals surface area (Å²) in [6.07, 6.45) is 5.93. The molecule has 0 aliphatic heterocycles. The first-order valence-electron chi connectivity index (χ1n) is 11.3. The number of ether oxygens (including phenoxy) is 1. The lowest BCUT2D eigenvalue weighted by atomic mass is 10.0. The minimum absolute atomic E-state index is 0.111. The lowest BCUT2D eigenvalue weighted by molar-refractivity contribution is 0.306. The number of unbranched alkanes of at least 4 members (excludes halogenated alkanes) is 1. The fourth-order valence-corrected chi connectivity index (χ4v) is 3.50. The normalized spacial score (nSPS) is 10.8. The SMILES string of the molecule is CCCCOc1cnc(CCc2cc(F)c(C#Cc3ccc4c(F)c(F)ccc4c3)c(F)c2)nc1. The van der Waals surface area contributed by atoms with E-state index in [1.807, 2.05) is 0 Å². The van der Waals surface area contributed by atoms with Crippen LogP contribution in [0.2, 0.25) is 0 Å². The van der Waals surface area contributed by atoms with Crippen LogP contribution >= 0.6 is 0 Å². The van der Waals surface area contributed by atoms with E-state index in [4.69, 9.17) is 4.74 Å². The number of benzene rings is 3. The first-order valence-corrected chi connectivity index (χ1v) is 11.3. The predicted molar refractivity (Wildman–Crippen MR) is 126 cm³/mol. The first kappa shape index (κ1) is 24.2. The number of aromatic nitrogens is 2. The zero-order valence-corrected chi connectivity index (χ0v) is 19.0. The van der Waals surface area contributed by atoms with E-state index in [1.165, 1.54) is 36.4 Å². The van der Waals surface area contributed by atoms with Crippen LogP contribution in [-0.2, 0) is 12.8 Å². The van der Waals surface area contributed by atoms with E-state index >= 15 is 0 Å². The second-order valence-corrected chi connectivity index (χ2v) is 8.02. The number of rotatable bonds is 7. The van der Waals surface area contributed by atoms with Gasteiger partial charge in [-0.2, -0.15) is 0 Å². The summed E-state index contributed by atoms with van der Waals surface area (Å²) in [6, 6.07) is 9.33. The Morgan fingerprint density at radius 2 is 1.57 bits per heavy atom. The van der Waals surface area contributed by atoms with Gasteiger partial charge in [-0.1, -0.05) is 37.3 Å². The summed E-state index contributed by atoms with van der Waals surface area (Å²) in [5, 5.41) is 0.551. The Hall–Kier alpha value is -3.92. The zero-order chi connectivity index (χ0) is 24.8. The molecule has 0 bridgehead atoms. The van der Waals surface area contributed by atoms with E-state index in [-0.39, 0.29) is 10.9 Å². The summed E-state index contributed by atoms with van der Waals surface area (Å²) >= 11 is 0. The van der Waals surface area contributed by atoms with Crippen molar-refractivity contribution in [3.63, 3.8) is 0 Å². The van der Waals surface area contributed by atoms with Gasteiger partial charge >= 0.3 is 0 Å². The van der Waals surface area contributed by atoms with Crippen molar-refractivity contribution in [1.29, 1.82) is 0 Å². The predicted octanol–water partition coefficient (Wildman–Crippen LogP) is 6.55. The van der Waals surface area contributed by atoms with Gasteiger partial charge in [-0.25, -0.2) is 27.5 Å². The maximum atomic E-state index is 14.6. The van der Waals surface area contributed by atoms with Crippen molar-refractivity contribution in [2.75, 3.05) is 6.61 Å². The van der Waals surface area contributed by atoms with Crippen molar-refractivity contribution in [2.45, 2.75) is 32.6 Å². The van der Waals surface area contributed by atoms with E-state index in [1.54, 1.807) is 12.4 Å². The highest BCUT2D eigenvalue weighted by atomic mass is 19.2. The molecule has 0 saturated heterocycles. The third-order valence-corrected chi connectivity index (χ3v) is 5.43. The average molecular weight is 478 g/mol. The maximum absolute atomic E-state index is 14.6. The van der Waals surface area contributed by atoms with Crippen molar-refractivity contribution >= 4 is 10.8 Å². The van der Waals surface area contributed by atoms with Crippen LogP contribution in [0.5, 0.6) is 5.75 Å². The highest BCUT2D eigenvalue weighted by molar-refractivity contribution is 5.84. The van der Waals surface area contributed by atoms with Gasteiger partial charge in [-0.15, -0.1) is 0 Å². The number of halogens is 4. The van der Waals surface area contributed by atoms with E-state index in [0.29, 0.717) is 47.5 Å². The van der Waals surface area contributed by atoms with Gasteiger partial charge < -0.3 is 4.74 Å². The highest BCUT2D eigenvalue weighted by Crippen LogP contribution is 2.22. The van der Waals surface area contributed by atoms with Crippen LogP contribution in [-0.4, -0.2) is 16.6 Å². The Balaban J connectivity index is 1.44. The van der Waals surface area contributed by atoms with Crippen molar-refractivity contribution in [3.8, 4) is 17.6 Å². The fraction of sp³-hybridized carbons (Fsp3) is 0.214. The number of hydrogen-bond donors (Lipinski definition) is 0. The number of hydrogen-bond acceptors (Lipinski definition) is 3. The van der Waals surface area contributed by atoms with E-state index in [2.05, 4.69) is 28.7 Å². The monoisotopic (exact) mass is 478 g/mol. The molecule has 0 spiro atoms. The van der Waals surface area contributed by atoms with Gasteiger partial charge in [0.15, 0.2) is 17.4 Å². The molecule has 1 heterocycles. The molecule has 0 N–H and O–H groups in total. The number of fused-ring (bicyclic) bond motifs is 1. The van der Waals surface area contributed by atoms with Gasteiger partial charge in [0.1, 0.15) is 17.5 Å². The van der Waals surface area contributed by atoms with Crippen LogP contribution in [0.4, 0.5) is 17.6 Å². The van der Waals surface area contributed by atoms with Gasteiger partial charge in [0.05, 0.1) is 24.6 Å². The third-order valence-electron chi connectivity index (χ3n) is 5.43. The van der Waals surface area contributed by atoms with Crippen LogP contribution < -0.4 is 4.74 Å². The smallest absolute Gasteiger partial charge is 0.166 e. The van der Waals surface area contributed by atoms with E-state index in [0.717, 1.165) is 18.9 Å². The molecule has 35 heavy (non-hydrogen) atoms. The molecule has 0 amide bonds. The molecule has 3 nitrogen and oxygen atoms in total. The topological polar surface area (TPSA) is 35.0 Å². The van der Waals surface area contributed by atoms with Crippen LogP contribution in [0.3, 0.4) is 0 Å². The van der Waals surface area contributed by atoms with Gasteiger partial charge in [0.25, 0.3) is 0 Å². The highest BCUT2D eigenvalue weighted by Gasteiger charge is 2.11. The molecular weight excluding hydrogens is 456 g/mol. The Morgan fingerprint density at radius 3 is 2.29 bits per heavy atom. The first-order chi connectivity index (χ1) is 16.9. The van der Waals surface area contributed by atoms with Gasteiger partial charge in [-0.05, 0) is 54.1 Å². The Morgan fingerprint density at radius 1 is 0.829 bits per heavy atom. The molecule has 0 unspecified atom stereocenters. The minimum atomic E-state index is -0.948. The molecule has 0 fully saturated rings. The molecule has 0 saturated carbocycles. The fourth-order valence-electron chi connectivity index (χ4n) is 3.50. The van der Waals surface area contributed by atoms with Gasteiger partial charge in [-0.3, -0.25) is 0 Å². The molecule has 3 aromatic carbocycles. The van der Waals surface area contributed by atoms with Gasteiger partial charge in [0, 0.05) is 17.4 Å². The molecule has 0 aliphatic rings. The Kier molecular flexibility index (Phi) is 7.61. The molecule has 0 aliphatic carbocycles. The molecule has 4 rings (SSSR count). The average Bonchev–Trinajstić information content (AvgIpc) is 2.85. The van der Waals surface area contributed by atoms with Gasteiger partial charge in [0.2, 0.25) is 0 Å². The zero-order valence-electron chi connectivity index (χ0n) is 19.0. The second kappa shape index (κ2) is 11.0. The van der Waals surface area contributed by atoms with Crippen molar-refractivity contribution in [1.82, 2.24) is 9.97 Å². The van der Waals surface area contributed by atoms with Crippen LogP contribution in [0, 0.1) is 35.1 Å². The molecule has 7 heteroatoms. The number of aryl methyl sites for hydroxylation is 2. The quantitative estimate of drug-likeness (QED) is 0.172. The third kappa shape index (κ3) is 5.96.